The minimum Gasteiger partial charge on any atom is -0.398 e. The molecule has 0 saturated heterocycles. The zero-order valence-corrected chi connectivity index (χ0v) is 12.9. The highest BCUT2D eigenvalue weighted by atomic mass is 16.2. The lowest BCUT2D eigenvalue weighted by molar-refractivity contribution is 0.0742. The summed E-state index contributed by atoms with van der Waals surface area (Å²) in [6.45, 7) is 5.88. The number of rotatable bonds is 3. The number of nitrogens with two attached hydrogens (primary N) is 1. The van der Waals surface area contributed by atoms with Crippen LogP contribution in [0.4, 0.5) is 5.69 Å². The average molecular weight is 283 g/mol. The Hall–Kier alpha value is -2.36. The molecule has 0 spiro atoms. The molecule has 2 N–H and O–H groups in total. The Labute approximate surface area is 125 Å². The van der Waals surface area contributed by atoms with Crippen LogP contribution in [0.1, 0.15) is 40.0 Å². The summed E-state index contributed by atoms with van der Waals surface area (Å²) in [5.74, 6) is -0.0245. The highest BCUT2D eigenvalue weighted by molar-refractivity contribution is 5.96. The second kappa shape index (κ2) is 5.95. The smallest absolute Gasteiger partial charge is 0.254 e. The standard InChI is InChI=1S/C17H21N3O/c1-11-9-12(2)16(18)10-15(11)17(21)20(4)13(3)14-5-7-19-8-6-14/h5-10,13H,18H2,1-4H3. The molecule has 2 rings (SSSR count). The van der Waals surface area contributed by atoms with Crippen LogP contribution in [-0.4, -0.2) is 22.8 Å². The Morgan fingerprint density at radius 1 is 1.19 bits per heavy atom. The van der Waals surface area contributed by atoms with E-state index in [0.717, 1.165) is 16.7 Å². The first-order valence-corrected chi connectivity index (χ1v) is 6.95. The highest BCUT2D eigenvalue weighted by Gasteiger charge is 2.20. The molecule has 0 aliphatic carbocycles. The number of carbonyl (C=O) groups is 1. The fourth-order valence-corrected chi connectivity index (χ4v) is 2.33. The first-order chi connectivity index (χ1) is 9.91. The average Bonchev–Trinajstić information content (AvgIpc) is 2.49. The van der Waals surface area contributed by atoms with Crippen molar-refractivity contribution in [3.05, 3.63) is 58.9 Å². The van der Waals surface area contributed by atoms with Crippen LogP contribution in [0.3, 0.4) is 0 Å². The number of nitrogens with zero attached hydrogens (tertiary/aromatic N) is 2. The second-order valence-corrected chi connectivity index (χ2v) is 5.40. The third-order valence-corrected chi connectivity index (χ3v) is 3.93. The van der Waals surface area contributed by atoms with Crippen LogP contribution >= 0.6 is 0 Å². The lowest BCUT2D eigenvalue weighted by Crippen LogP contribution is -2.30. The summed E-state index contributed by atoms with van der Waals surface area (Å²) in [7, 11) is 1.81. The zero-order chi connectivity index (χ0) is 15.6. The maximum absolute atomic E-state index is 12.7. The Bertz CT molecular complexity index is 653. The normalized spacial score (nSPS) is 12.0. The van der Waals surface area contributed by atoms with E-state index in [2.05, 4.69) is 4.98 Å². The summed E-state index contributed by atoms with van der Waals surface area (Å²) in [5, 5.41) is 0. The molecule has 21 heavy (non-hydrogen) atoms. The Morgan fingerprint density at radius 2 is 1.81 bits per heavy atom. The molecule has 1 aromatic carbocycles. The molecule has 1 unspecified atom stereocenters. The minimum atomic E-state index is -0.0255. The second-order valence-electron chi connectivity index (χ2n) is 5.40. The van der Waals surface area contributed by atoms with Gasteiger partial charge in [-0.05, 0) is 55.7 Å². The van der Waals surface area contributed by atoms with Crippen molar-refractivity contribution in [2.75, 3.05) is 12.8 Å². The van der Waals surface area contributed by atoms with E-state index in [1.807, 2.05) is 46.0 Å². The molecule has 2 aromatic rings. The van der Waals surface area contributed by atoms with Crippen molar-refractivity contribution in [1.29, 1.82) is 0 Å². The summed E-state index contributed by atoms with van der Waals surface area (Å²) in [6.07, 6.45) is 3.47. The lowest BCUT2D eigenvalue weighted by atomic mass is 10.0. The summed E-state index contributed by atoms with van der Waals surface area (Å²) < 4.78 is 0. The lowest BCUT2D eigenvalue weighted by Gasteiger charge is -2.26. The molecular weight excluding hydrogens is 262 g/mol. The van der Waals surface area contributed by atoms with Gasteiger partial charge in [-0.2, -0.15) is 0 Å². The molecule has 0 bridgehead atoms. The van der Waals surface area contributed by atoms with Crippen molar-refractivity contribution in [2.45, 2.75) is 26.8 Å². The molecular formula is C17H21N3O. The largest absolute Gasteiger partial charge is 0.398 e. The van der Waals surface area contributed by atoms with Gasteiger partial charge in [0, 0.05) is 30.7 Å². The van der Waals surface area contributed by atoms with Gasteiger partial charge in [-0.1, -0.05) is 6.07 Å². The number of aromatic nitrogens is 1. The monoisotopic (exact) mass is 283 g/mol. The molecule has 0 fully saturated rings. The third-order valence-electron chi connectivity index (χ3n) is 3.93. The predicted molar refractivity (Wildman–Crippen MR) is 85.1 cm³/mol. The van der Waals surface area contributed by atoms with Gasteiger partial charge in [0.25, 0.3) is 5.91 Å². The van der Waals surface area contributed by atoms with Crippen LogP contribution in [0.15, 0.2) is 36.7 Å². The van der Waals surface area contributed by atoms with E-state index in [9.17, 15) is 4.79 Å². The van der Waals surface area contributed by atoms with Crippen LogP contribution in [-0.2, 0) is 0 Å². The van der Waals surface area contributed by atoms with Gasteiger partial charge in [0.1, 0.15) is 0 Å². The van der Waals surface area contributed by atoms with Crippen molar-refractivity contribution in [3.8, 4) is 0 Å². The van der Waals surface area contributed by atoms with E-state index in [1.165, 1.54) is 0 Å². The number of anilines is 1. The summed E-state index contributed by atoms with van der Waals surface area (Å²) >= 11 is 0. The van der Waals surface area contributed by atoms with Gasteiger partial charge >= 0.3 is 0 Å². The van der Waals surface area contributed by atoms with Gasteiger partial charge in [-0.15, -0.1) is 0 Å². The van der Waals surface area contributed by atoms with Crippen molar-refractivity contribution >= 4 is 11.6 Å². The van der Waals surface area contributed by atoms with E-state index in [-0.39, 0.29) is 11.9 Å². The SMILES string of the molecule is Cc1cc(C)c(C(=O)N(C)C(C)c2ccncc2)cc1N. The topological polar surface area (TPSA) is 59.2 Å². The molecule has 1 heterocycles. The van der Waals surface area contributed by atoms with E-state index >= 15 is 0 Å². The quantitative estimate of drug-likeness (QED) is 0.880. The van der Waals surface area contributed by atoms with Crippen LogP contribution in [0.5, 0.6) is 0 Å². The fraction of sp³-hybridized carbons (Fsp3) is 0.294. The fourth-order valence-electron chi connectivity index (χ4n) is 2.33. The van der Waals surface area contributed by atoms with E-state index in [0.29, 0.717) is 11.3 Å². The highest BCUT2D eigenvalue weighted by Crippen LogP contribution is 2.23. The van der Waals surface area contributed by atoms with E-state index < -0.39 is 0 Å². The van der Waals surface area contributed by atoms with Crippen molar-refractivity contribution in [2.24, 2.45) is 0 Å². The third kappa shape index (κ3) is 3.05. The predicted octanol–water partition coefficient (Wildman–Crippen LogP) is 3.11. The molecule has 0 saturated carbocycles. The Balaban J connectivity index is 2.30. The number of carbonyl (C=O) groups excluding carboxylic acids is 1. The number of amides is 1. The van der Waals surface area contributed by atoms with Gasteiger partial charge in [0.2, 0.25) is 0 Å². The number of hydrogen-bond acceptors (Lipinski definition) is 3. The maximum Gasteiger partial charge on any atom is 0.254 e. The minimum absolute atomic E-state index is 0.0245. The van der Waals surface area contributed by atoms with Gasteiger partial charge in [-0.25, -0.2) is 0 Å². The van der Waals surface area contributed by atoms with Crippen molar-refractivity contribution in [3.63, 3.8) is 0 Å². The first kappa shape index (κ1) is 15.0. The molecule has 110 valence electrons. The zero-order valence-electron chi connectivity index (χ0n) is 12.9. The number of benzene rings is 1. The van der Waals surface area contributed by atoms with Gasteiger partial charge in [-0.3, -0.25) is 9.78 Å². The molecule has 0 aliphatic heterocycles. The van der Waals surface area contributed by atoms with Crippen LogP contribution in [0.25, 0.3) is 0 Å². The molecule has 1 amide bonds. The van der Waals surface area contributed by atoms with Gasteiger partial charge in [0.05, 0.1) is 6.04 Å². The molecule has 0 aliphatic rings. The first-order valence-electron chi connectivity index (χ1n) is 6.95. The van der Waals surface area contributed by atoms with Crippen molar-refractivity contribution in [1.82, 2.24) is 9.88 Å². The molecule has 4 nitrogen and oxygen atoms in total. The number of aryl methyl sites for hydroxylation is 2. The van der Waals surface area contributed by atoms with E-state index in [1.54, 1.807) is 23.4 Å². The molecule has 4 heteroatoms. The Kier molecular flexibility index (Phi) is 4.26. The summed E-state index contributed by atoms with van der Waals surface area (Å²) in [4.78, 5) is 18.4. The molecule has 1 aromatic heterocycles. The number of hydrogen-bond donors (Lipinski definition) is 1. The molecule has 1 atom stereocenters. The van der Waals surface area contributed by atoms with Crippen LogP contribution in [0, 0.1) is 13.8 Å². The molecule has 0 radical (unpaired) electrons. The van der Waals surface area contributed by atoms with Crippen LogP contribution in [0.2, 0.25) is 0 Å². The summed E-state index contributed by atoms with van der Waals surface area (Å²) in [6, 6.07) is 7.54. The Morgan fingerprint density at radius 3 is 2.43 bits per heavy atom. The number of pyridine rings is 1. The van der Waals surface area contributed by atoms with Crippen LogP contribution < -0.4 is 5.73 Å². The number of nitrogen functional groups attached to an aromatic ring is 1. The van der Waals surface area contributed by atoms with E-state index in [4.69, 9.17) is 5.73 Å². The summed E-state index contributed by atoms with van der Waals surface area (Å²) in [5.41, 5.74) is 10.2. The maximum atomic E-state index is 12.7. The van der Waals surface area contributed by atoms with Crippen molar-refractivity contribution < 1.29 is 4.79 Å². The van der Waals surface area contributed by atoms with Gasteiger partial charge in [0.15, 0.2) is 0 Å². The van der Waals surface area contributed by atoms with Gasteiger partial charge < -0.3 is 10.6 Å².